The normalized spacial score (nSPS) is 18.8. The largest absolute Gasteiger partial charge is 0.469 e. The Balaban J connectivity index is 2.03. The zero-order valence-electron chi connectivity index (χ0n) is 9.93. The van der Waals surface area contributed by atoms with Gasteiger partial charge in [-0.05, 0) is 18.6 Å². The van der Waals surface area contributed by atoms with Gasteiger partial charge in [-0.1, -0.05) is 0 Å². The van der Waals surface area contributed by atoms with E-state index in [0.29, 0.717) is 25.1 Å². The molecule has 1 aliphatic rings. The molecule has 1 aromatic rings. The Labute approximate surface area is 104 Å². The lowest BCUT2D eigenvalue weighted by Crippen LogP contribution is -2.30. The third-order valence-electron chi connectivity index (χ3n) is 2.98. The molecule has 1 amide bonds. The van der Waals surface area contributed by atoms with Crippen molar-refractivity contribution in [2.45, 2.75) is 6.42 Å². The molecular weight excluding hydrogens is 239 g/mol. The Kier molecular flexibility index (Phi) is 3.55. The Bertz CT molecular complexity index is 461. The van der Waals surface area contributed by atoms with E-state index in [1.54, 1.807) is 4.90 Å². The smallest absolute Gasteiger partial charge is 0.310 e. The SMILES string of the molecule is COC(=O)C1CCN(C(=O)c2ccc(F)nc2)C1. The highest BCUT2D eigenvalue weighted by Crippen LogP contribution is 2.19. The fraction of sp³-hybridized carbons (Fsp3) is 0.417. The van der Waals surface area contributed by atoms with Crippen molar-refractivity contribution in [1.29, 1.82) is 0 Å². The van der Waals surface area contributed by atoms with Crippen LogP contribution in [0.25, 0.3) is 0 Å². The number of nitrogens with zero attached hydrogens (tertiary/aromatic N) is 2. The third-order valence-corrected chi connectivity index (χ3v) is 2.98. The number of likely N-dealkylation sites (tertiary alicyclic amines) is 1. The molecule has 2 rings (SSSR count). The number of carbonyl (C=O) groups is 2. The third kappa shape index (κ3) is 2.47. The van der Waals surface area contributed by atoms with Gasteiger partial charge in [0, 0.05) is 19.3 Å². The Morgan fingerprint density at radius 1 is 1.50 bits per heavy atom. The molecule has 2 heterocycles. The summed E-state index contributed by atoms with van der Waals surface area (Å²) in [5, 5.41) is 0. The van der Waals surface area contributed by atoms with Crippen molar-refractivity contribution in [2.75, 3.05) is 20.2 Å². The molecule has 18 heavy (non-hydrogen) atoms. The molecule has 1 unspecified atom stereocenters. The lowest BCUT2D eigenvalue weighted by Gasteiger charge is -2.15. The molecule has 6 heteroatoms. The first-order valence-corrected chi connectivity index (χ1v) is 5.60. The van der Waals surface area contributed by atoms with E-state index < -0.39 is 5.95 Å². The molecule has 1 atom stereocenters. The summed E-state index contributed by atoms with van der Waals surface area (Å²) in [6.45, 7) is 0.832. The molecule has 5 nitrogen and oxygen atoms in total. The van der Waals surface area contributed by atoms with Crippen molar-refractivity contribution in [3.63, 3.8) is 0 Å². The van der Waals surface area contributed by atoms with E-state index in [2.05, 4.69) is 9.72 Å². The van der Waals surface area contributed by atoms with Crippen LogP contribution < -0.4 is 0 Å². The van der Waals surface area contributed by atoms with Crippen LogP contribution in [0.2, 0.25) is 0 Å². The highest BCUT2D eigenvalue weighted by atomic mass is 19.1. The molecular formula is C12H13FN2O3. The number of methoxy groups -OCH3 is 1. The first kappa shape index (κ1) is 12.5. The quantitative estimate of drug-likeness (QED) is 0.578. The van der Waals surface area contributed by atoms with Crippen LogP contribution in [0.1, 0.15) is 16.8 Å². The molecule has 96 valence electrons. The number of carbonyl (C=O) groups excluding carboxylic acids is 2. The van der Waals surface area contributed by atoms with E-state index in [4.69, 9.17) is 0 Å². The maximum Gasteiger partial charge on any atom is 0.310 e. The van der Waals surface area contributed by atoms with Crippen molar-refractivity contribution in [2.24, 2.45) is 5.92 Å². The van der Waals surface area contributed by atoms with E-state index in [1.165, 1.54) is 19.4 Å². The lowest BCUT2D eigenvalue weighted by molar-refractivity contribution is -0.144. The van der Waals surface area contributed by atoms with Crippen LogP contribution in [-0.4, -0.2) is 42.0 Å². The standard InChI is InChI=1S/C12H13FN2O3/c1-18-12(17)9-4-5-15(7-9)11(16)8-2-3-10(13)14-6-8/h2-3,6,9H,4-5,7H2,1H3. The van der Waals surface area contributed by atoms with Crippen molar-refractivity contribution in [3.05, 3.63) is 29.8 Å². The average Bonchev–Trinajstić information content (AvgIpc) is 2.87. The van der Waals surface area contributed by atoms with Crippen molar-refractivity contribution >= 4 is 11.9 Å². The van der Waals surface area contributed by atoms with Crippen LogP contribution in [-0.2, 0) is 9.53 Å². The van der Waals surface area contributed by atoms with Gasteiger partial charge in [-0.25, -0.2) is 4.98 Å². The first-order chi connectivity index (χ1) is 8.61. The number of ether oxygens (including phenoxy) is 1. The minimum atomic E-state index is -0.625. The highest BCUT2D eigenvalue weighted by Gasteiger charge is 2.32. The van der Waals surface area contributed by atoms with Gasteiger partial charge in [0.1, 0.15) is 0 Å². The average molecular weight is 252 g/mol. The van der Waals surface area contributed by atoms with Crippen LogP contribution in [0, 0.1) is 11.9 Å². The van der Waals surface area contributed by atoms with E-state index in [0.717, 1.165) is 6.07 Å². The second-order valence-electron chi connectivity index (χ2n) is 4.13. The summed E-state index contributed by atoms with van der Waals surface area (Å²) in [5.74, 6) is -1.44. The summed E-state index contributed by atoms with van der Waals surface area (Å²) in [5.41, 5.74) is 0.321. The topological polar surface area (TPSA) is 59.5 Å². The van der Waals surface area contributed by atoms with Gasteiger partial charge < -0.3 is 9.64 Å². The monoisotopic (exact) mass is 252 g/mol. The number of halogens is 1. The molecule has 0 bridgehead atoms. The first-order valence-electron chi connectivity index (χ1n) is 5.60. The molecule has 0 spiro atoms. The maximum atomic E-state index is 12.6. The van der Waals surface area contributed by atoms with E-state index in [-0.39, 0.29) is 17.8 Å². The molecule has 0 saturated carbocycles. The number of hydrogen-bond donors (Lipinski definition) is 0. The number of amides is 1. The van der Waals surface area contributed by atoms with Gasteiger partial charge >= 0.3 is 5.97 Å². The second kappa shape index (κ2) is 5.12. The Morgan fingerprint density at radius 3 is 2.89 bits per heavy atom. The summed E-state index contributed by atoms with van der Waals surface area (Å²) >= 11 is 0. The zero-order valence-corrected chi connectivity index (χ0v) is 9.93. The predicted octanol–water partition coefficient (Wildman–Crippen LogP) is 0.856. The Hall–Kier alpha value is -1.98. The minimum Gasteiger partial charge on any atom is -0.469 e. The van der Waals surface area contributed by atoms with Crippen LogP contribution >= 0.6 is 0 Å². The molecule has 1 aliphatic heterocycles. The number of rotatable bonds is 2. The van der Waals surface area contributed by atoms with Crippen LogP contribution in [0.5, 0.6) is 0 Å². The van der Waals surface area contributed by atoms with Gasteiger partial charge in [0.2, 0.25) is 5.95 Å². The summed E-state index contributed by atoms with van der Waals surface area (Å²) in [6, 6.07) is 2.53. The van der Waals surface area contributed by atoms with E-state index in [9.17, 15) is 14.0 Å². The highest BCUT2D eigenvalue weighted by molar-refractivity contribution is 5.94. The fourth-order valence-electron chi connectivity index (χ4n) is 1.99. The van der Waals surface area contributed by atoms with Gasteiger partial charge in [0.25, 0.3) is 5.91 Å². The molecule has 0 N–H and O–H groups in total. The van der Waals surface area contributed by atoms with Crippen molar-refractivity contribution in [1.82, 2.24) is 9.88 Å². The van der Waals surface area contributed by atoms with E-state index in [1.807, 2.05) is 0 Å². The van der Waals surface area contributed by atoms with Gasteiger partial charge in [0.15, 0.2) is 0 Å². The van der Waals surface area contributed by atoms with Gasteiger partial charge in [-0.15, -0.1) is 0 Å². The number of esters is 1. The fourth-order valence-corrected chi connectivity index (χ4v) is 1.99. The molecule has 1 fully saturated rings. The molecule has 0 aliphatic carbocycles. The molecule has 0 aromatic carbocycles. The molecule has 1 aromatic heterocycles. The van der Waals surface area contributed by atoms with Gasteiger partial charge in [-0.2, -0.15) is 4.39 Å². The zero-order chi connectivity index (χ0) is 13.1. The second-order valence-corrected chi connectivity index (χ2v) is 4.13. The van der Waals surface area contributed by atoms with Crippen LogP contribution in [0.15, 0.2) is 18.3 Å². The summed E-state index contributed by atoms with van der Waals surface area (Å²) < 4.78 is 17.3. The number of aromatic nitrogens is 1. The summed E-state index contributed by atoms with van der Waals surface area (Å²) in [4.78, 5) is 28.4. The van der Waals surface area contributed by atoms with Gasteiger partial charge in [0.05, 0.1) is 18.6 Å². The minimum absolute atomic E-state index is 0.242. The van der Waals surface area contributed by atoms with Crippen LogP contribution in [0.3, 0.4) is 0 Å². The van der Waals surface area contributed by atoms with Gasteiger partial charge in [-0.3, -0.25) is 9.59 Å². The Morgan fingerprint density at radius 2 is 2.28 bits per heavy atom. The number of hydrogen-bond acceptors (Lipinski definition) is 4. The summed E-state index contributed by atoms with van der Waals surface area (Å²) in [7, 11) is 1.33. The van der Waals surface area contributed by atoms with Crippen molar-refractivity contribution < 1.29 is 18.7 Å². The number of pyridine rings is 1. The summed E-state index contributed by atoms with van der Waals surface area (Å²) in [6.07, 6.45) is 1.79. The predicted molar refractivity (Wildman–Crippen MR) is 60.2 cm³/mol. The molecule has 0 radical (unpaired) electrons. The van der Waals surface area contributed by atoms with Crippen molar-refractivity contribution in [3.8, 4) is 0 Å². The maximum absolute atomic E-state index is 12.6. The van der Waals surface area contributed by atoms with Crippen LogP contribution in [0.4, 0.5) is 4.39 Å². The lowest BCUT2D eigenvalue weighted by atomic mass is 10.1. The molecule has 1 saturated heterocycles. The van der Waals surface area contributed by atoms with E-state index >= 15 is 0 Å².